The molecule has 0 radical (unpaired) electrons. The zero-order valence-electron chi connectivity index (χ0n) is 10.9. The predicted molar refractivity (Wildman–Crippen MR) is 74.6 cm³/mol. The summed E-state index contributed by atoms with van der Waals surface area (Å²) >= 11 is 5.97. The lowest BCUT2D eigenvalue weighted by atomic mass is 9.84. The minimum atomic E-state index is -0.140. The Morgan fingerprint density at radius 1 is 1.33 bits per heavy atom. The van der Waals surface area contributed by atoms with Crippen LogP contribution in [0.1, 0.15) is 44.6 Å². The molecule has 0 aliphatic carbocycles. The van der Waals surface area contributed by atoms with E-state index in [-0.39, 0.29) is 11.4 Å². The first-order chi connectivity index (χ1) is 8.65. The maximum atomic E-state index is 13.8. The maximum Gasteiger partial charge on any atom is 0.126 e. The fraction of sp³-hybridized carbons (Fsp3) is 0.600. The standard InChI is InChI=1S/C15H21ClFN/c1-2-15(8-4-3-5-9-18-15)11-12-10-13(16)6-7-14(12)17/h6-7,10,18H,2-5,8-9,11H2,1H3. The van der Waals surface area contributed by atoms with Crippen molar-refractivity contribution in [3.05, 3.63) is 34.6 Å². The first-order valence-electron chi connectivity index (χ1n) is 6.84. The van der Waals surface area contributed by atoms with Crippen molar-refractivity contribution < 1.29 is 4.39 Å². The zero-order chi connectivity index (χ0) is 13.0. The van der Waals surface area contributed by atoms with Crippen molar-refractivity contribution >= 4 is 11.6 Å². The van der Waals surface area contributed by atoms with Crippen LogP contribution >= 0.6 is 11.6 Å². The van der Waals surface area contributed by atoms with Crippen molar-refractivity contribution in [3.8, 4) is 0 Å². The van der Waals surface area contributed by atoms with Crippen LogP contribution in [-0.4, -0.2) is 12.1 Å². The van der Waals surface area contributed by atoms with Gasteiger partial charge in [0.05, 0.1) is 0 Å². The van der Waals surface area contributed by atoms with E-state index in [1.807, 2.05) is 0 Å². The molecule has 3 heteroatoms. The Hall–Kier alpha value is -0.600. The van der Waals surface area contributed by atoms with Crippen LogP contribution in [0.3, 0.4) is 0 Å². The van der Waals surface area contributed by atoms with E-state index in [4.69, 9.17) is 11.6 Å². The van der Waals surface area contributed by atoms with Gasteiger partial charge in [-0.2, -0.15) is 0 Å². The highest BCUT2D eigenvalue weighted by molar-refractivity contribution is 6.30. The molecule has 0 aromatic heterocycles. The molecule has 0 bridgehead atoms. The second-order valence-corrected chi connectivity index (χ2v) is 5.72. The quantitative estimate of drug-likeness (QED) is 0.861. The molecule has 1 atom stereocenters. The highest BCUT2D eigenvalue weighted by Gasteiger charge is 2.29. The number of benzene rings is 1. The minimum absolute atomic E-state index is 0.0437. The molecule has 1 N–H and O–H groups in total. The monoisotopic (exact) mass is 269 g/mol. The van der Waals surface area contributed by atoms with Gasteiger partial charge in [0.15, 0.2) is 0 Å². The van der Waals surface area contributed by atoms with Crippen molar-refractivity contribution in [2.24, 2.45) is 0 Å². The summed E-state index contributed by atoms with van der Waals surface area (Å²) in [6.45, 7) is 3.22. The van der Waals surface area contributed by atoms with Gasteiger partial charge in [-0.1, -0.05) is 31.4 Å². The van der Waals surface area contributed by atoms with Crippen molar-refractivity contribution in [2.45, 2.75) is 51.0 Å². The van der Waals surface area contributed by atoms with Crippen LogP contribution in [-0.2, 0) is 6.42 Å². The van der Waals surface area contributed by atoms with Gasteiger partial charge < -0.3 is 5.32 Å². The molecule has 1 fully saturated rings. The molecule has 1 nitrogen and oxygen atoms in total. The molecule has 18 heavy (non-hydrogen) atoms. The second-order valence-electron chi connectivity index (χ2n) is 5.28. The summed E-state index contributed by atoms with van der Waals surface area (Å²) in [5, 5.41) is 4.25. The summed E-state index contributed by atoms with van der Waals surface area (Å²) < 4.78 is 13.8. The van der Waals surface area contributed by atoms with Crippen LogP contribution in [0.5, 0.6) is 0 Å². The number of nitrogens with one attached hydrogen (secondary N) is 1. The third-order valence-electron chi connectivity index (χ3n) is 4.05. The molecule has 0 saturated carbocycles. The van der Waals surface area contributed by atoms with Crippen LogP contribution in [0.4, 0.5) is 4.39 Å². The van der Waals surface area contributed by atoms with Gasteiger partial charge in [-0.25, -0.2) is 4.39 Å². The Labute approximate surface area is 114 Å². The molecular formula is C15H21ClFN. The number of hydrogen-bond donors (Lipinski definition) is 1. The normalized spacial score (nSPS) is 24.8. The predicted octanol–water partition coefficient (Wildman–Crippen LogP) is 4.33. The molecule has 1 aromatic rings. The Balaban J connectivity index is 2.20. The number of rotatable bonds is 3. The number of halogens is 2. The topological polar surface area (TPSA) is 12.0 Å². The molecule has 1 aliphatic rings. The minimum Gasteiger partial charge on any atom is -0.311 e. The van der Waals surface area contributed by atoms with Gasteiger partial charge in [0, 0.05) is 10.6 Å². The lowest BCUT2D eigenvalue weighted by Crippen LogP contribution is -2.46. The molecule has 0 amide bonds. The average Bonchev–Trinajstić information content (AvgIpc) is 2.60. The molecule has 1 aliphatic heterocycles. The maximum absolute atomic E-state index is 13.8. The lowest BCUT2D eigenvalue weighted by Gasteiger charge is -2.33. The fourth-order valence-electron chi connectivity index (χ4n) is 2.83. The van der Waals surface area contributed by atoms with Gasteiger partial charge in [0.25, 0.3) is 0 Å². The summed E-state index contributed by atoms with van der Waals surface area (Å²) in [5.74, 6) is -0.140. The third kappa shape index (κ3) is 3.24. The Morgan fingerprint density at radius 2 is 2.17 bits per heavy atom. The van der Waals surface area contributed by atoms with Gasteiger partial charge in [-0.05, 0) is 56.0 Å². The van der Waals surface area contributed by atoms with E-state index in [2.05, 4.69) is 12.2 Å². The van der Waals surface area contributed by atoms with Crippen molar-refractivity contribution in [1.29, 1.82) is 0 Å². The lowest BCUT2D eigenvalue weighted by molar-refractivity contribution is 0.299. The summed E-state index contributed by atoms with van der Waals surface area (Å²) in [5.41, 5.74) is 0.779. The van der Waals surface area contributed by atoms with Gasteiger partial charge in [-0.3, -0.25) is 0 Å². The SMILES string of the molecule is CCC1(Cc2cc(Cl)ccc2F)CCCCCN1. The van der Waals surface area contributed by atoms with E-state index >= 15 is 0 Å². The van der Waals surface area contributed by atoms with Crippen LogP contribution in [0.25, 0.3) is 0 Å². The van der Waals surface area contributed by atoms with Gasteiger partial charge in [0.2, 0.25) is 0 Å². The molecule has 1 heterocycles. The summed E-state index contributed by atoms with van der Waals surface area (Å²) in [6.07, 6.45) is 6.60. The molecule has 100 valence electrons. The molecule has 1 unspecified atom stereocenters. The van der Waals surface area contributed by atoms with Crippen LogP contribution in [0, 0.1) is 5.82 Å². The molecule has 2 rings (SSSR count). The average molecular weight is 270 g/mol. The van der Waals surface area contributed by atoms with Gasteiger partial charge >= 0.3 is 0 Å². The highest BCUT2D eigenvalue weighted by Crippen LogP contribution is 2.28. The Bertz CT molecular complexity index is 397. The molecular weight excluding hydrogens is 249 g/mol. The molecule has 1 saturated heterocycles. The van der Waals surface area contributed by atoms with Crippen molar-refractivity contribution in [1.82, 2.24) is 5.32 Å². The first-order valence-corrected chi connectivity index (χ1v) is 7.22. The largest absolute Gasteiger partial charge is 0.311 e. The van der Waals surface area contributed by atoms with E-state index in [1.165, 1.54) is 25.3 Å². The smallest absolute Gasteiger partial charge is 0.126 e. The fourth-order valence-corrected chi connectivity index (χ4v) is 3.02. The number of hydrogen-bond acceptors (Lipinski definition) is 1. The van der Waals surface area contributed by atoms with E-state index in [1.54, 1.807) is 12.1 Å². The highest BCUT2D eigenvalue weighted by atomic mass is 35.5. The molecule has 1 aromatic carbocycles. The summed E-state index contributed by atoms with van der Waals surface area (Å²) in [7, 11) is 0. The van der Waals surface area contributed by atoms with E-state index in [0.717, 1.165) is 31.4 Å². The summed E-state index contributed by atoms with van der Waals surface area (Å²) in [4.78, 5) is 0. The zero-order valence-corrected chi connectivity index (χ0v) is 11.7. The van der Waals surface area contributed by atoms with Crippen molar-refractivity contribution in [3.63, 3.8) is 0 Å². The van der Waals surface area contributed by atoms with Crippen LogP contribution < -0.4 is 5.32 Å². The molecule has 0 spiro atoms. The summed E-state index contributed by atoms with van der Waals surface area (Å²) in [6, 6.07) is 4.85. The van der Waals surface area contributed by atoms with E-state index < -0.39 is 0 Å². The van der Waals surface area contributed by atoms with Gasteiger partial charge in [-0.15, -0.1) is 0 Å². The third-order valence-corrected chi connectivity index (χ3v) is 4.28. The Kier molecular flexibility index (Phi) is 4.63. The second kappa shape index (κ2) is 6.03. The Morgan fingerprint density at radius 3 is 2.94 bits per heavy atom. The first kappa shape index (κ1) is 13.8. The van der Waals surface area contributed by atoms with E-state index in [9.17, 15) is 4.39 Å². The van der Waals surface area contributed by atoms with Crippen LogP contribution in [0.2, 0.25) is 5.02 Å². The van der Waals surface area contributed by atoms with E-state index in [0.29, 0.717) is 5.02 Å². The van der Waals surface area contributed by atoms with Crippen LogP contribution in [0.15, 0.2) is 18.2 Å². The van der Waals surface area contributed by atoms with Gasteiger partial charge in [0.1, 0.15) is 5.82 Å². The van der Waals surface area contributed by atoms with Crippen molar-refractivity contribution in [2.75, 3.05) is 6.54 Å².